The van der Waals surface area contributed by atoms with Crippen molar-refractivity contribution in [2.24, 2.45) is 5.92 Å². The highest BCUT2D eigenvalue weighted by atomic mass is 32.2. The van der Waals surface area contributed by atoms with Crippen LogP contribution in [0.3, 0.4) is 0 Å². The molecule has 3 aromatic rings. The van der Waals surface area contributed by atoms with E-state index in [0.29, 0.717) is 24.8 Å². The van der Waals surface area contributed by atoms with E-state index in [9.17, 15) is 4.79 Å². The Morgan fingerprint density at radius 3 is 2.56 bits per heavy atom. The molecule has 0 saturated heterocycles. The van der Waals surface area contributed by atoms with E-state index >= 15 is 0 Å². The Morgan fingerprint density at radius 1 is 1.11 bits per heavy atom. The largest absolute Gasteiger partial charge is 0.355 e. The molecular formula is C20H23N5OS. The molecule has 27 heavy (non-hydrogen) atoms. The van der Waals surface area contributed by atoms with E-state index in [1.54, 1.807) is 12.4 Å². The van der Waals surface area contributed by atoms with Crippen LogP contribution in [-0.4, -0.2) is 38.0 Å². The van der Waals surface area contributed by atoms with Crippen molar-refractivity contribution in [2.75, 3.05) is 12.3 Å². The van der Waals surface area contributed by atoms with Crippen LogP contribution in [0.15, 0.2) is 60.0 Å². The van der Waals surface area contributed by atoms with Crippen LogP contribution in [0.2, 0.25) is 0 Å². The van der Waals surface area contributed by atoms with E-state index in [0.717, 1.165) is 22.1 Å². The number of thioether (sulfide) groups is 1. The van der Waals surface area contributed by atoms with Gasteiger partial charge in [-0.25, -0.2) is 0 Å². The molecule has 3 rings (SSSR count). The zero-order valence-electron chi connectivity index (χ0n) is 15.5. The highest BCUT2D eigenvalue weighted by Gasteiger charge is 2.16. The monoisotopic (exact) mass is 381 g/mol. The minimum atomic E-state index is 0.00780. The molecule has 1 aromatic carbocycles. The van der Waals surface area contributed by atoms with E-state index in [1.807, 2.05) is 34.9 Å². The smallest absolute Gasteiger partial charge is 0.230 e. The Labute approximate surface area is 163 Å². The molecule has 6 nitrogen and oxygen atoms in total. The summed E-state index contributed by atoms with van der Waals surface area (Å²) >= 11 is 1.40. The van der Waals surface area contributed by atoms with Crippen molar-refractivity contribution in [2.45, 2.75) is 25.5 Å². The van der Waals surface area contributed by atoms with Gasteiger partial charge in [0.25, 0.3) is 0 Å². The topological polar surface area (TPSA) is 72.7 Å². The molecule has 1 N–H and O–H groups in total. The lowest BCUT2D eigenvalue weighted by Gasteiger charge is -2.11. The Kier molecular flexibility index (Phi) is 6.59. The molecule has 2 aromatic heterocycles. The molecule has 0 spiro atoms. The number of carbonyl (C=O) groups is 1. The molecule has 0 atom stereocenters. The van der Waals surface area contributed by atoms with Gasteiger partial charge in [-0.05, 0) is 23.6 Å². The lowest BCUT2D eigenvalue weighted by molar-refractivity contribution is -0.118. The molecule has 2 heterocycles. The molecule has 0 aliphatic rings. The summed E-state index contributed by atoms with van der Waals surface area (Å²) in [4.78, 5) is 16.1. The highest BCUT2D eigenvalue weighted by molar-refractivity contribution is 7.99. The minimum Gasteiger partial charge on any atom is -0.355 e. The minimum absolute atomic E-state index is 0.00780. The van der Waals surface area contributed by atoms with Crippen LogP contribution >= 0.6 is 11.8 Å². The Balaban J connectivity index is 1.81. The van der Waals surface area contributed by atoms with E-state index in [1.165, 1.54) is 11.8 Å². The molecular weight excluding hydrogens is 358 g/mol. The summed E-state index contributed by atoms with van der Waals surface area (Å²) in [5.41, 5.74) is 2.10. The zero-order valence-corrected chi connectivity index (χ0v) is 16.3. The van der Waals surface area contributed by atoms with Crippen LogP contribution in [0.25, 0.3) is 11.4 Å². The average Bonchev–Trinajstić information content (AvgIpc) is 3.08. The van der Waals surface area contributed by atoms with Gasteiger partial charge in [0.05, 0.1) is 12.3 Å². The maximum absolute atomic E-state index is 12.1. The number of rotatable bonds is 8. The van der Waals surface area contributed by atoms with E-state index in [-0.39, 0.29) is 5.91 Å². The van der Waals surface area contributed by atoms with E-state index in [4.69, 9.17) is 0 Å². The predicted molar refractivity (Wildman–Crippen MR) is 107 cm³/mol. The van der Waals surface area contributed by atoms with E-state index in [2.05, 4.69) is 46.5 Å². The summed E-state index contributed by atoms with van der Waals surface area (Å²) in [5, 5.41) is 12.4. The van der Waals surface area contributed by atoms with Crippen LogP contribution < -0.4 is 5.32 Å². The molecule has 140 valence electrons. The van der Waals surface area contributed by atoms with Gasteiger partial charge in [0.15, 0.2) is 11.0 Å². The number of hydrogen-bond donors (Lipinski definition) is 1. The quantitative estimate of drug-likeness (QED) is 0.607. The second-order valence-corrected chi connectivity index (χ2v) is 7.54. The standard InChI is InChI=1S/C20H23N5OS/c1-15(2)12-22-18(26)14-27-20-24-23-19(17-8-10-21-11-9-17)25(20)13-16-6-4-3-5-7-16/h3-11,15H,12-14H2,1-2H3,(H,22,26). The maximum atomic E-state index is 12.1. The van der Waals surface area contributed by atoms with Crippen molar-refractivity contribution >= 4 is 17.7 Å². The van der Waals surface area contributed by atoms with Gasteiger partial charge < -0.3 is 5.32 Å². The SMILES string of the molecule is CC(C)CNC(=O)CSc1nnc(-c2ccncc2)n1Cc1ccccc1. The molecule has 0 bridgehead atoms. The molecule has 0 aliphatic carbocycles. The Bertz CT molecular complexity index is 865. The van der Waals surface area contributed by atoms with Gasteiger partial charge in [-0.3, -0.25) is 14.3 Å². The fraction of sp³-hybridized carbons (Fsp3) is 0.300. The molecule has 0 saturated carbocycles. The average molecular weight is 382 g/mol. The van der Waals surface area contributed by atoms with Crippen LogP contribution in [0.5, 0.6) is 0 Å². The second-order valence-electron chi connectivity index (χ2n) is 6.60. The molecule has 0 fully saturated rings. The first kappa shape index (κ1) is 19.1. The highest BCUT2D eigenvalue weighted by Crippen LogP contribution is 2.24. The third kappa shape index (κ3) is 5.40. The lowest BCUT2D eigenvalue weighted by atomic mass is 10.2. The number of pyridine rings is 1. The summed E-state index contributed by atoms with van der Waals surface area (Å²) in [6.45, 7) is 5.47. The maximum Gasteiger partial charge on any atom is 0.230 e. The third-order valence-corrected chi connectivity index (χ3v) is 4.85. The molecule has 1 amide bonds. The second kappa shape index (κ2) is 9.32. The Morgan fingerprint density at radius 2 is 1.85 bits per heavy atom. The molecule has 7 heteroatoms. The summed E-state index contributed by atoms with van der Waals surface area (Å²) in [6, 6.07) is 14.0. The fourth-order valence-corrected chi connectivity index (χ4v) is 3.29. The van der Waals surface area contributed by atoms with Crippen molar-refractivity contribution in [1.82, 2.24) is 25.1 Å². The number of aromatic nitrogens is 4. The fourth-order valence-electron chi connectivity index (χ4n) is 2.52. The Hall–Kier alpha value is -2.67. The number of amides is 1. The van der Waals surface area contributed by atoms with Gasteiger partial charge in [0.1, 0.15) is 0 Å². The van der Waals surface area contributed by atoms with Crippen LogP contribution in [-0.2, 0) is 11.3 Å². The van der Waals surface area contributed by atoms with Crippen molar-refractivity contribution in [3.8, 4) is 11.4 Å². The van der Waals surface area contributed by atoms with Gasteiger partial charge in [0, 0.05) is 24.5 Å². The van der Waals surface area contributed by atoms with Crippen LogP contribution in [0.4, 0.5) is 0 Å². The first-order valence-corrected chi connectivity index (χ1v) is 9.89. The third-order valence-electron chi connectivity index (χ3n) is 3.88. The van der Waals surface area contributed by atoms with Gasteiger partial charge >= 0.3 is 0 Å². The summed E-state index contributed by atoms with van der Waals surface area (Å²) in [5.74, 6) is 1.52. The number of benzene rings is 1. The summed E-state index contributed by atoms with van der Waals surface area (Å²) < 4.78 is 2.05. The number of nitrogens with zero attached hydrogens (tertiary/aromatic N) is 4. The van der Waals surface area contributed by atoms with Crippen molar-refractivity contribution < 1.29 is 4.79 Å². The van der Waals surface area contributed by atoms with Gasteiger partial charge in [-0.2, -0.15) is 0 Å². The molecule has 0 aliphatic heterocycles. The van der Waals surface area contributed by atoms with Crippen molar-refractivity contribution in [3.63, 3.8) is 0 Å². The summed E-state index contributed by atoms with van der Waals surface area (Å²) in [7, 11) is 0. The lowest BCUT2D eigenvalue weighted by Crippen LogP contribution is -2.28. The van der Waals surface area contributed by atoms with Gasteiger partial charge in [-0.1, -0.05) is 55.9 Å². The number of nitrogens with one attached hydrogen (secondary N) is 1. The number of hydrogen-bond acceptors (Lipinski definition) is 5. The number of carbonyl (C=O) groups excluding carboxylic acids is 1. The van der Waals surface area contributed by atoms with Crippen LogP contribution in [0, 0.1) is 5.92 Å². The normalized spacial score (nSPS) is 10.9. The molecule has 0 radical (unpaired) electrons. The first-order valence-electron chi connectivity index (χ1n) is 8.90. The van der Waals surface area contributed by atoms with Crippen molar-refractivity contribution in [3.05, 3.63) is 60.4 Å². The van der Waals surface area contributed by atoms with Gasteiger partial charge in [0.2, 0.25) is 5.91 Å². The zero-order chi connectivity index (χ0) is 19.1. The predicted octanol–water partition coefficient (Wildman–Crippen LogP) is 3.25. The van der Waals surface area contributed by atoms with Crippen molar-refractivity contribution in [1.29, 1.82) is 0 Å². The molecule has 0 unspecified atom stereocenters. The van der Waals surface area contributed by atoms with Gasteiger partial charge in [-0.15, -0.1) is 10.2 Å². The van der Waals surface area contributed by atoms with Crippen LogP contribution in [0.1, 0.15) is 19.4 Å². The van der Waals surface area contributed by atoms with E-state index < -0.39 is 0 Å². The first-order chi connectivity index (χ1) is 13.1. The summed E-state index contributed by atoms with van der Waals surface area (Å²) in [6.07, 6.45) is 3.48.